The van der Waals surface area contributed by atoms with Gasteiger partial charge >= 0.3 is 5.97 Å². The molecule has 11 N–H and O–H groups in total. The third kappa shape index (κ3) is 22.4. The minimum absolute atomic E-state index is 0.00802. The Morgan fingerprint density at radius 2 is 0.971 bits per heavy atom. The molecule has 6 heterocycles. The molecule has 0 unspecified atom stereocenters. The topological polar surface area (TPSA) is 357 Å². The van der Waals surface area contributed by atoms with Crippen molar-refractivity contribution in [3.63, 3.8) is 0 Å². The number of pyridine rings is 2. The van der Waals surface area contributed by atoms with Crippen molar-refractivity contribution in [2.24, 2.45) is 39.0 Å². The number of piperidine rings is 2. The fourth-order valence-corrected chi connectivity index (χ4v) is 12.1. The molecule has 556 valence electrons. The molecule has 0 bridgehead atoms. The molecule has 7 amide bonds. The number of rotatable bonds is 30. The van der Waals surface area contributed by atoms with Gasteiger partial charge in [0.25, 0.3) is 11.8 Å². The third-order valence-corrected chi connectivity index (χ3v) is 17.4. The summed E-state index contributed by atoms with van der Waals surface area (Å²) in [5.74, 6) is -9.13. The number of benzene rings is 3. The van der Waals surface area contributed by atoms with Crippen LogP contribution >= 0.6 is 0 Å². The van der Waals surface area contributed by atoms with Crippen LogP contribution in [0.3, 0.4) is 0 Å². The van der Waals surface area contributed by atoms with Crippen molar-refractivity contribution in [2.75, 3.05) is 112 Å². The molecule has 4 aliphatic heterocycles. The molecule has 3 aromatic carbocycles. The molecule has 0 atom stereocenters. The minimum atomic E-state index is -1.84. The second kappa shape index (κ2) is 39.1. The molecule has 5 aromatic rings. The second-order valence-corrected chi connectivity index (χ2v) is 25.4. The maximum atomic E-state index is 13.7. The Hall–Kier alpha value is -10.6. The molecule has 2 fully saturated rings. The van der Waals surface area contributed by atoms with Gasteiger partial charge in [-0.3, -0.25) is 38.4 Å². The highest BCUT2D eigenvalue weighted by molar-refractivity contribution is 6.09. The summed E-state index contributed by atoms with van der Waals surface area (Å²) in [6.45, 7) is 14.4. The fourth-order valence-electron chi connectivity index (χ4n) is 12.1. The number of hydrogen-bond donors (Lipinski definition) is 8. The van der Waals surface area contributed by atoms with E-state index < -0.39 is 41.4 Å². The van der Waals surface area contributed by atoms with Gasteiger partial charge in [0.2, 0.25) is 46.9 Å². The highest BCUT2D eigenvalue weighted by Crippen LogP contribution is 2.33. The van der Waals surface area contributed by atoms with Crippen LogP contribution in [0.4, 0.5) is 51.9 Å². The number of esters is 1. The Morgan fingerprint density at radius 1 is 0.548 bits per heavy atom. The van der Waals surface area contributed by atoms with Crippen LogP contribution in [0.25, 0.3) is 12.2 Å². The largest absolute Gasteiger partial charge is 0.420 e. The predicted molar refractivity (Wildman–Crippen MR) is 389 cm³/mol. The van der Waals surface area contributed by atoms with Crippen LogP contribution in [0, 0.1) is 35.1 Å². The highest BCUT2D eigenvalue weighted by atomic mass is 19.2. The Balaban J connectivity index is 0.000000283. The van der Waals surface area contributed by atoms with Gasteiger partial charge in [0.1, 0.15) is 23.3 Å². The molecule has 0 radical (unpaired) electrons. The van der Waals surface area contributed by atoms with Gasteiger partial charge in [-0.2, -0.15) is 8.78 Å². The van der Waals surface area contributed by atoms with Crippen LogP contribution in [0.2, 0.25) is 0 Å². The first-order valence-corrected chi connectivity index (χ1v) is 35.2. The summed E-state index contributed by atoms with van der Waals surface area (Å²) >= 11 is 0. The van der Waals surface area contributed by atoms with Gasteiger partial charge in [0, 0.05) is 149 Å². The summed E-state index contributed by atoms with van der Waals surface area (Å²) in [5, 5.41) is 14.1. The maximum Gasteiger partial charge on any atom is 0.313 e. The van der Waals surface area contributed by atoms with E-state index in [1.54, 1.807) is 67.0 Å². The molecule has 26 nitrogen and oxygen atoms in total. The SMILES string of the molecule is CCCN(CCC)C(=O)C1=Cc2ccc(C(=O)Nc3ccc(N4CCC(C(=O)NCCN)CC4)nc3)cc2N=C(N)C1.CCCN(CCC)C(=O)C1=Cc2ccc(C(=O)Nc3ccc(N4CCC(C(=O)NCCNC(=O)CCOCCC(=O)Oc5c(F)c(F)cc(F)c5F)CC4)nc3)cc2N=C(N)C1. The summed E-state index contributed by atoms with van der Waals surface area (Å²) in [4.78, 5) is 128. The molecular weight excluding hydrogens is 1350 g/mol. The number of amidine groups is 2. The van der Waals surface area contributed by atoms with E-state index in [0.29, 0.717) is 127 Å². The molecular formula is C74H92F4N16O10. The van der Waals surface area contributed by atoms with Crippen LogP contribution in [-0.4, -0.2) is 171 Å². The average Bonchev–Trinajstić information content (AvgIpc) is 0.877. The molecule has 0 aliphatic carbocycles. The number of fused-ring (bicyclic) bond motifs is 2. The molecule has 30 heteroatoms. The normalized spacial score (nSPS) is 14.4. The van der Waals surface area contributed by atoms with E-state index in [1.807, 2.05) is 41.9 Å². The third-order valence-electron chi connectivity index (χ3n) is 17.4. The van der Waals surface area contributed by atoms with E-state index >= 15 is 0 Å². The predicted octanol–water partition coefficient (Wildman–Crippen LogP) is 8.22. The molecule has 4 aliphatic rings. The van der Waals surface area contributed by atoms with Crippen LogP contribution < -0.4 is 58.3 Å². The summed E-state index contributed by atoms with van der Waals surface area (Å²) in [6.07, 6.45) is 12.8. The number of nitrogens with zero attached hydrogens (tertiary/aromatic N) is 8. The molecule has 2 aromatic heterocycles. The lowest BCUT2D eigenvalue weighted by molar-refractivity contribution is -0.136. The van der Waals surface area contributed by atoms with Gasteiger partial charge in [-0.05, 0) is 112 Å². The molecule has 0 spiro atoms. The first-order chi connectivity index (χ1) is 50.1. The van der Waals surface area contributed by atoms with Gasteiger partial charge in [0.15, 0.2) is 11.6 Å². The van der Waals surface area contributed by atoms with Crippen LogP contribution in [-0.2, 0) is 33.5 Å². The van der Waals surface area contributed by atoms with Crippen LogP contribution in [0.15, 0.2) is 100 Å². The number of aromatic nitrogens is 2. The lowest BCUT2D eigenvalue weighted by Crippen LogP contribution is -2.42. The van der Waals surface area contributed by atoms with Crippen molar-refractivity contribution in [1.82, 2.24) is 35.7 Å². The zero-order valence-corrected chi connectivity index (χ0v) is 59.1. The number of hydrogen-bond acceptors (Lipinski definition) is 19. The number of carbonyl (C=O) groups is 8. The Morgan fingerprint density at radius 3 is 1.38 bits per heavy atom. The monoisotopic (exact) mass is 1440 g/mol. The lowest BCUT2D eigenvalue weighted by Gasteiger charge is -2.32. The molecule has 9 rings (SSSR count). The Bertz CT molecular complexity index is 3970. The number of aliphatic imine (C=N–C) groups is 2. The zero-order chi connectivity index (χ0) is 74.8. The standard InChI is InChI=1S/C43H50F4N8O7.C31H42N8O3/c1-3-15-55(16-4-2)43(60)29-21-27-5-6-28(22-33(27)53-34(48)23-29)42(59)52-30-7-8-35(51-25-30)54-17-9-26(10-18-54)41(58)50-14-13-49-36(56)11-19-61-20-12-37(57)62-40-38(46)31(44)24-32(45)39(40)47;1-3-13-39(14-4-2)31(42)24-17-22-5-6-23(18-26(22)37-27(33)19-24)30(41)36-25-7-8-28(35-20-25)38-15-9-21(10-16-38)29(40)34-12-11-32/h5-8,21-22,24-26H,3-4,9-20,23H2,1-2H3,(H2,48,53)(H,49,56)(H,50,58)(H,52,59);5-8,17-18,20-21H,3-4,9-16,19,32H2,1-2H3,(H2,33,37)(H,34,40)(H,36,41). The minimum Gasteiger partial charge on any atom is -0.420 e. The quantitative estimate of drug-likeness (QED) is 0.00705. The lowest BCUT2D eigenvalue weighted by atomic mass is 9.96. The summed E-state index contributed by atoms with van der Waals surface area (Å²) in [5.41, 5.74) is 23.4. The molecule has 2 saturated heterocycles. The first kappa shape index (κ1) is 79.1. The zero-order valence-electron chi connectivity index (χ0n) is 59.1. The van der Waals surface area contributed by atoms with Crippen LogP contribution in [0.1, 0.15) is 137 Å². The number of nitrogens with one attached hydrogen (secondary N) is 5. The average molecular weight is 1440 g/mol. The number of ether oxygens (including phenoxy) is 2. The van der Waals surface area contributed by atoms with Crippen molar-refractivity contribution >= 4 is 106 Å². The van der Waals surface area contributed by atoms with Crippen LogP contribution in [0.5, 0.6) is 5.75 Å². The Kier molecular flexibility index (Phi) is 29.8. The van der Waals surface area contributed by atoms with Crippen molar-refractivity contribution < 1.29 is 65.4 Å². The fraction of sp³-hybridized carbons (Fsp3) is 0.432. The molecule has 0 saturated carbocycles. The smallest absolute Gasteiger partial charge is 0.313 e. The Labute approximate surface area is 601 Å². The van der Waals surface area contributed by atoms with Crippen molar-refractivity contribution in [3.8, 4) is 5.75 Å². The summed E-state index contributed by atoms with van der Waals surface area (Å²) < 4.78 is 63.4. The van der Waals surface area contributed by atoms with E-state index in [0.717, 1.165) is 63.0 Å². The van der Waals surface area contributed by atoms with E-state index in [9.17, 15) is 55.9 Å². The van der Waals surface area contributed by atoms with Gasteiger partial charge < -0.3 is 72.9 Å². The van der Waals surface area contributed by atoms with E-state index in [4.69, 9.17) is 21.9 Å². The number of nitrogens with two attached hydrogens (primary N) is 3. The maximum absolute atomic E-state index is 13.7. The van der Waals surface area contributed by atoms with Gasteiger partial charge in [-0.15, -0.1) is 0 Å². The summed E-state index contributed by atoms with van der Waals surface area (Å²) in [7, 11) is 0. The van der Waals surface area contributed by atoms with Gasteiger partial charge in [-0.25, -0.2) is 28.7 Å². The summed E-state index contributed by atoms with van der Waals surface area (Å²) in [6, 6.07) is 17.5. The van der Waals surface area contributed by atoms with Gasteiger partial charge in [-0.1, -0.05) is 39.8 Å². The second-order valence-electron chi connectivity index (χ2n) is 25.4. The van der Waals surface area contributed by atoms with Gasteiger partial charge in [0.05, 0.1) is 54.8 Å². The molecule has 104 heavy (non-hydrogen) atoms. The first-order valence-electron chi connectivity index (χ1n) is 35.2. The number of anilines is 4. The number of amides is 7. The number of carbonyl (C=O) groups excluding carboxylic acids is 8. The van der Waals surface area contributed by atoms with Crippen molar-refractivity contribution in [2.45, 2.75) is 105 Å². The van der Waals surface area contributed by atoms with E-state index in [1.165, 1.54) is 0 Å². The van der Waals surface area contributed by atoms with E-state index in [-0.39, 0.29) is 111 Å². The van der Waals surface area contributed by atoms with E-state index in [2.05, 4.69) is 74.9 Å². The number of halogens is 4. The van der Waals surface area contributed by atoms with Crippen molar-refractivity contribution in [1.29, 1.82) is 0 Å². The van der Waals surface area contributed by atoms with Crippen molar-refractivity contribution in [3.05, 3.63) is 136 Å². The highest BCUT2D eigenvalue weighted by Gasteiger charge is 2.30.